The Morgan fingerprint density at radius 2 is 1.59 bits per heavy atom. The summed E-state index contributed by atoms with van der Waals surface area (Å²) in [6.45, 7) is 10.5. The molecule has 0 aliphatic heterocycles. The van der Waals surface area contributed by atoms with Gasteiger partial charge >= 0.3 is 12.0 Å². The number of rotatable bonds is 17. The van der Waals surface area contributed by atoms with Crippen LogP contribution >= 0.6 is 11.6 Å². The fourth-order valence-electron chi connectivity index (χ4n) is 4.29. The van der Waals surface area contributed by atoms with Crippen LogP contribution in [-0.4, -0.2) is 79.3 Å². The Morgan fingerprint density at radius 3 is 2.23 bits per heavy atom. The number of aromatic carboxylic acids is 1. The van der Waals surface area contributed by atoms with Crippen LogP contribution in [0.4, 0.5) is 16.2 Å². The average molecular weight is 621 g/mol. The van der Waals surface area contributed by atoms with E-state index in [0.29, 0.717) is 66.2 Å². The number of nitrogens with one attached hydrogen (secondary N) is 2. The van der Waals surface area contributed by atoms with Gasteiger partial charge in [-0.2, -0.15) is 0 Å². The molecule has 0 saturated heterocycles. The Hall–Kier alpha value is -4.80. The molecule has 0 heterocycles. The number of methoxy groups -OCH3 is 1. The number of carbonyl (C=O) groups is 3. The van der Waals surface area contributed by atoms with Crippen molar-refractivity contribution in [1.29, 1.82) is 0 Å². The van der Waals surface area contributed by atoms with Gasteiger partial charge in [0.1, 0.15) is 18.1 Å². The van der Waals surface area contributed by atoms with Crippen LogP contribution in [0.5, 0.6) is 11.5 Å². The maximum Gasteiger partial charge on any atom is 0.335 e. The molecular formula is C33H37ClN4O6. The van der Waals surface area contributed by atoms with Crippen molar-refractivity contribution in [2.45, 2.75) is 6.42 Å². The fourth-order valence-corrected chi connectivity index (χ4v) is 4.47. The quantitative estimate of drug-likeness (QED) is 0.163. The van der Waals surface area contributed by atoms with Gasteiger partial charge in [0, 0.05) is 26.2 Å². The summed E-state index contributed by atoms with van der Waals surface area (Å²) in [5, 5.41) is 15.0. The molecule has 3 aromatic rings. The van der Waals surface area contributed by atoms with Crippen molar-refractivity contribution in [3.8, 4) is 11.5 Å². The Kier molecular flexibility index (Phi) is 13.3. The highest BCUT2D eigenvalue weighted by Gasteiger charge is 2.18. The zero-order valence-electron chi connectivity index (χ0n) is 24.6. The van der Waals surface area contributed by atoms with Crippen LogP contribution < -0.4 is 20.1 Å². The molecule has 10 nitrogen and oxygen atoms in total. The first-order valence-corrected chi connectivity index (χ1v) is 14.3. The Labute approximate surface area is 262 Å². The molecule has 0 bridgehead atoms. The number of para-hydroxylation sites is 1. The number of anilines is 2. The average Bonchev–Trinajstić information content (AvgIpc) is 3.01. The van der Waals surface area contributed by atoms with Gasteiger partial charge in [0.25, 0.3) is 0 Å². The lowest BCUT2D eigenvalue weighted by atomic mass is 10.1. The van der Waals surface area contributed by atoms with E-state index in [-0.39, 0.29) is 24.5 Å². The van der Waals surface area contributed by atoms with E-state index in [2.05, 4.69) is 28.7 Å². The van der Waals surface area contributed by atoms with E-state index in [1.807, 2.05) is 0 Å². The van der Waals surface area contributed by atoms with E-state index >= 15 is 0 Å². The lowest BCUT2D eigenvalue weighted by Gasteiger charge is -2.27. The number of carboxylic acids is 1. The highest BCUT2D eigenvalue weighted by molar-refractivity contribution is 6.33. The van der Waals surface area contributed by atoms with E-state index < -0.39 is 12.0 Å². The lowest BCUT2D eigenvalue weighted by molar-refractivity contribution is -0.131. The van der Waals surface area contributed by atoms with Crippen LogP contribution in [0.3, 0.4) is 0 Å². The van der Waals surface area contributed by atoms with Gasteiger partial charge in [-0.1, -0.05) is 42.0 Å². The second-order valence-electron chi connectivity index (χ2n) is 9.67. The van der Waals surface area contributed by atoms with Crippen molar-refractivity contribution in [2.75, 3.05) is 57.1 Å². The van der Waals surface area contributed by atoms with Crippen molar-refractivity contribution in [3.05, 3.63) is 108 Å². The number of hydrogen-bond acceptors (Lipinski definition) is 6. The summed E-state index contributed by atoms with van der Waals surface area (Å²) in [6, 6.07) is 17.7. The smallest absolute Gasteiger partial charge is 0.335 e. The summed E-state index contributed by atoms with van der Waals surface area (Å²) in [5.41, 5.74) is 1.76. The van der Waals surface area contributed by atoms with Crippen molar-refractivity contribution >= 4 is 40.9 Å². The number of halogens is 1. The van der Waals surface area contributed by atoms with Gasteiger partial charge in [-0.3, -0.25) is 9.69 Å². The van der Waals surface area contributed by atoms with Crippen LogP contribution in [0.25, 0.3) is 0 Å². The largest absolute Gasteiger partial charge is 0.495 e. The summed E-state index contributed by atoms with van der Waals surface area (Å²) >= 11 is 6.13. The molecule has 11 heteroatoms. The van der Waals surface area contributed by atoms with Gasteiger partial charge in [-0.15, -0.1) is 13.2 Å². The molecule has 3 aromatic carbocycles. The molecule has 44 heavy (non-hydrogen) atoms. The molecule has 0 radical (unpaired) electrons. The van der Waals surface area contributed by atoms with E-state index in [1.165, 1.54) is 19.2 Å². The minimum absolute atomic E-state index is 0.0959. The predicted molar refractivity (Wildman–Crippen MR) is 173 cm³/mol. The molecule has 0 aliphatic carbocycles. The minimum Gasteiger partial charge on any atom is -0.495 e. The molecule has 0 atom stereocenters. The van der Waals surface area contributed by atoms with Gasteiger partial charge in [0.05, 0.1) is 42.0 Å². The second-order valence-corrected chi connectivity index (χ2v) is 10.1. The fraction of sp³-hybridized carbons (Fsp3) is 0.242. The van der Waals surface area contributed by atoms with Crippen molar-refractivity contribution < 1.29 is 29.0 Å². The topological polar surface area (TPSA) is 120 Å². The standard InChI is InChI=1S/C33H37ClN4O6/c1-4-16-37(17-5-2)18-19-38(20-21-44-26-13-11-25(12-14-26)32(40)41)31(39)23-24-10-15-29(30(22-24)43-3)36-33(42)35-28-9-7-6-8-27(28)34/h4-15,22H,1-2,16-21,23H2,3H3,(H,40,41)(H2,35,36,42). The van der Waals surface area contributed by atoms with Gasteiger partial charge in [-0.05, 0) is 54.1 Å². The van der Waals surface area contributed by atoms with Crippen molar-refractivity contribution in [2.24, 2.45) is 0 Å². The van der Waals surface area contributed by atoms with Crippen LogP contribution in [0.2, 0.25) is 5.02 Å². The maximum absolute atomic E-state index is 13.5. The summed E-state index contributed by atoms with van der Waals surface area (Å²) in [7, 11) is 1.48. The molecule has 0 aliphatic rings. The molecule has 0 unspecified atom stereocenters. The molecule has 3 amide bonds. The third-order valence-electron chi connectivity index (χ3n) is 6.54. The minimum atomic E-state index is -1.02. The first kappa shape index (κ1) is 33.7. The van der Waals surface area contributed by atoms with Gasteiger partial charge in [0.15, 0.2) is 0 Å². The highest BCUT2D eigenvalue weighted by Crippen LogP contribution is 2.27. The highest BCUT2D eigenvalue weighted by atomic mass is 35.5. The molecule has 0 aromatic heterocycles. The third-order valence-corrected chi connectivity index (χ3v) is 6.87. The molecule has 0 spiro atoms. The van der Waals surface area contributed by atoms with Gasteiger partial charge in [-0.25, -0.2) is 9.59 Å². The first-order valence-electron chi connectivity index (χ1n) is 13.9. The number of ether oxygens (including phenoxy) is 2. The monoisotopic (exact) mass is 620 g/mol. The normalized spacial score (nSPS) is 10.5. The Bertz CT molecular complexity index is 1440. The number of nitrogens with zero attached hydrogens (tertiary/aromatic N) is 2. The molecule has 3 N–H and O–H groups in total. The van der Waals surface area contributed by atoms with Crippen LogP contribution in [0.15, 0.2) is 92.0 Å². The lowest BCUT2D eigenvalue weighted by Crippen LogP contribution is -2.41. The number of hydrogen-bond donors (Lipinski definition) is 3. The summed E-state index contributed by atoms with van der Waals surface area (Å²) in [4.78, 5) is 41.0. The zero-order valence-corrected chi connectivity index (χ0v) is 25.4. The number of carbonyl (C=O) groups excluding carboxylic acids is 2. The van der Waals surface area contributed by atoms with Gasteiger partial charge < -0.3 is 30.1 Å². The summed E-state index contributed by atoms with van der Waals surface area (Å²) < 4.78 is 11.3. The first-order chi connectivity index (χ1) is 21.2. The van der Waals surface area contributed by atoms with Crippen LogP contribution in [0, 0.1) is 0 Å². The summed E-state index contributed by atoms with van der Waals surface area (Å²) in [5.74, 6) is -0.231. The number of benzene rings is 3. The summed E-state index contributed by atoms with van der Waals surface area (Å²) in [6.07, 6.45) is 3.70. The number of amides is 3. The van der Waals surface area contributed by atoms with E-state index in [0.717, 1.165) is 0 Å². The van der Waals surface area contributed by atoms with Crippen LogP contribution in [-0.2, 0) is 11.2 Å². The Morgan fingerprint density at radius 1 is 0.909 bits per heavy atom. The zero-order chi connectivity index (χ0) is 31.9. The van der Waals surface area contributed by atoms with E-state index in [4.69, 9.17) is 26.2 Å². The van der Waals surface area contributed by atoms with Crippen LogP contribution in [0.1, 0.15) is 15.9 Å². The molecule has 0 saturated carbocycles. The van der Waals surface area contributed by atoms with Gasteiger partial charge in [0.2, 0.25) is 5.91 Å². The maximum atomic E-state index is 13.5. The van der Waals surface area contributed by atoms with E-state index in [1.54, 1.807) is 71.6 Å². The number of carboxylic acid groups (broad SMARTS) is 1. The number of urea groups is 1. The second kappa shape index (κ2) is 17.3. The molecule has 0 fully saturated rings. The van der Waals surface area contributed by atoms with Crippen molar-refractivity contribution in [3.63, 3.8) is 0 Å². The van der Waals surface area contributed by atoms with Crippen molar-refractivity contribution in [1.82, 2.24) is 9.80 Å². The Balaban J connectivity index is 1.67. The van der Waals surface area contributed by atoms with E-state index in [9.17, 15) is 14.4 Å². The molecular weight excluding hydrogens is 584 g/mol. The SMILES string of the molecule is C=CCN(CC=C)CCN(CCOc1ccc(C(=O)O)cc1)C(=O)Cc1ccc(NC(=O)Nc2ccccc2Cl)c(OC)c1. The molecule has 3 rings (SSSR count). The predicted octanol–water partition coefficient (Wildman–Crippen LogP) is 5.81. The third kappa shape index (κ3) is 10.5. The molecule has 232 valence electrons.